The van der Waals surface area contributed by atoms with Crippen molar-refractivity contribution >= 4 is 5.97 Å². The second-order valence-electron chi connectivity index (χ2n) is 4.41. The minimum Gasteiger partial charge on any atom is -0.481 e. The quantitative estimate of drug-likeness (QED) is 0.646. The van der Waals surface area contributed by atoms with Gasteiger partial charge in [0.15, 0.2) is 0 Å². The van der Waals surface area contributed by atoms with E-state index in [-0.39, 0.29) is 17.3 Å². The largest absolute Gasteiger partial charge is 0.481 e. The Kier molecular flexibility index (Phi) is 2.02. The topological polar surface area (TPSA) is 37.3 Å². The molecule has 1 fully saturated rings. The molecule has 1 rings (SSSR count). The molecule has 0 heterocycles. The molecule has 0 amide bonds. The van der Waals surface area contributed by atoms with Gasteiger partial charge in [-0.1, -0.05) is 25.5 Å². The normalized spacial score (nSPS) is 31.0. The summed E-state index contributed by atoms with van der Waals surface area (Å²) in [6.07, 6.45) is 2.07. The van der Waals surface area contributed by atoms with Crippen LogP contribution in [-0.2, 0) is 4.79 Å². The highest BCUT2D eigenvalue weighted by molar-refractivity contribution is 5.76. The van der Waals surface area contributed by atoms with Crippen LogP contribution in [0.1, 0.15) is 27.7 Å². The molecule has 1 N–H and O–H groups in total. The highest BCUT2D eigenvalue weighted by Crippen LogP contribution is 2.59. The smallest absolute Gasteiger partial charge is 0.307 e. The summed E-state index contributed by atoms with van der Waals surface area (Å²) in [6.45, 7) is 8.03. The van der Waals surface area contributed by atoms with Crippen molar-refractivity contribution in [3.8, 4) is 0 Å². The summed E-state index contributed by atoms with van der Waals surface area (Å²) in [5.74, 6) is -0.602. The Bertz CT molecular complexity index is 234. The van der Waals surface area contributed by atoms with E-state index in [2.05, 4.69) is 6.08 Å². The molecule has 0 aromatic carbocycles. The number of carboxylic acids is 1. The standard InChI is InChI=1S/C10H16O2/c1-6(2)5-7-8(9(11)12)10(7,3)4/h5,7-8H,1-4H3,(H,11,12)/t7-,8+/m1/s1/i8+2. The fraction of sp³-hybridized carbons (Fsp3) is 0.700. The summed E-state index contributed by atoms with van der Waals surface area (Å²) >= 11 is 0. The van der Waals surface area contributed by atoms with Gasteiger partial charge in [-0.15, -0.1) is 0 Å². The average molecular weight is 170 g/mol. The number of carboxylic acid groups (broad SMARTS) is 1. The van der Waals surface area contributed by atoms with Gasteiger partial charge in [0, 0.05) is 0 Å². The van der Waals surface area contributed by atoms with E-state index in [0.717, 1.165) is 0 Å². The molecule has 2 heteroatoms. The SMILES string of the molecule is CC(C)=C[C@@H]1[14C@@H](C(=O)O)C1(C)C. The lowest BCUT2D eigenvalue weighted by Gasteiger charge is -1.96. The number of hydrogen-bond donors (Lipinski definition) is 1. The Morgan fingerprint density at radius 3 is 2.25 bits per heavy atom. The lowest BCUT2D eigenvalue weighted by Crippen LogP contribution is -2.02. The molecule has 12 heavy (non-hydrogen) atoms. The van der Waals surface area contributed by atoms with Gasteiger partial charge in [-0.3, -0.25) is 4.79 Å². The van der Waals surface area contributed by atoms with E-state index in [0.29, 0.717) is 0 Å². The Balaban J connectivity index is 2.73. The fourth-order valence-corrected chi connectivity index (χ4v) is 1.82. The van der Waals surface area contributed by atoms with Gasteiger partial charge in [0.1, 0.15) is 0 Å². The van der Waals surface area contributed by atoms with Crippen LogP contribution in [0.2, 0.25) is 0 Å². The van der Waals surface area contributed by atoms with Gasteiger partial charge in [-0.25, -0.2) is 0 Å². The molecule has 1 saturated carbocycles. The molecule has 2 nitrogen and oxygen atoms in total. The zero-order chi connectivity index (χ0) is 9.52. The summed E-state index contributed by atoms with van der Waals surface area (Å²) in [4.78, 5) is 10.7. The summed E-state index contributed by atoms with van der Waals surface area (Å²) < 4.78 is 0. The first-order valence-electron chi connectivity index (χ1n) is 4.25. The van der Waals surface area contributed by atoms with Gasteiger partial charge in [0.25, 0.3) is 0 Å². The highest BCUT2D eigenvalue weighted by Gasteiger charge is 2.60. The van der Waals surface area contributed by atoms with E-state index in [4.69, 9.17) is 5.11 Å². The van der Waals surface area contributed by atoms with Crippen LogP contribution in [0, 0.1) is 17.3 Å². The molecule has 0 aromatic rings. The minimum atomic E-state index is -0.664. The molecule has 0 aliphatic heterocycles. The molecule has 0 saturated heterocycles. The molecule has 0 radical (unpaired) electrons. The van der Waals surface area contributed by atoms with Crippen molar-refractivity contribution in [1.29, 1.82) is 0 Å². The van der Waals surface area contributed by atoms with Gasteiger partial charge in [-0.2, -0.15) is 0 Å². The van der Waals surface area contributed by atoms with Gasteiger partial charge in [-0.05, 0) is 25.2 Å². The van der Waals surface area contributed by atoms with Crippen molar-refractivity contribution in [2.45, 2.75) is 27.7 Å². The van der Waals surface area contributed by atoms with E-state index >= 15 is 0 Å². The Morgan fingerprint density at radius 1 is 1.50 bits per heavy atom. The van der Waals surface area contributed by atoms with Crippen molar-refractivity contribution in [2.24, 2.45) is 17.3 Å². The zero-order valence-corrected chi connectivity index (χ0v) is 8.09. The molecule has 0 unspecified atom stereocenters. The first-order valence-corrected chi connectivity index (χ1v) is 4.25. The monoisotopic (exact) mass is 170 g/mol. The van der Waals surface area contributed by atoms with Crippen molar-refractivity contribution in [2.75, 3.05) is 0 Å². The molecule has 68 valence electrons. The third kappa shape index (κ3) is 1.38. The summed E-state index contributed by atoms with van der Waals surface area (Å²) in [6, 6.07) is 0. The van der Waals surface area contributed by atoms with E-state index in [9.17, 15) is 4.79 Å². The minimum absolute atomic E-state index is 0.0386. The van der Waals surface area contributed by atoms with E-state index < -0.39 is 5.97 Å². The summed E-state index contributed by atoms with van der Waals surface area (Å²) in [7, 11) is 0. The van der Waals surface area contributed by atoms with Crippen LogP contribution in [-0.4, -0.2) is 11.1 Å². The number of allylic oxidation sites excluding steroid dienone is 2. The third-order valence-corrected chi connectivity index (χ3v) is 2.69. The number of aliphatic carboxylic acids is 1. The Morgan fingerprint density at radius 2 is 2.00 bits per heavy atom. The predicted molar refractivity (Wildman–Crippen MR) is 47.8 cm³/mol. The zero-order valence-electron chi connectivity index (χ0n) is 8.09. The third-order valence-electron chi connectivity index (χ3n) is 2.69. The Hall–Kier alpha value is -0.790. The molecule has 0 aromatic heterocycles. The van der Waals surface area contributed by atoms with Crippen LogP contribution < -0.4 is 0 Å². The van der Waals surface area contributed by atoms with Crippen LogP contribution in [0.3, 0.4) is 0 Å². The predicted octanol–water partition coefficient (Wildman–Crippen LogP) is 2.31. The number of carbonyl (C=O) groups is 1. The number of hydrogen-bond acceptors (Lipinski definition) is 1. The van der Waals surface area contributed by atoms with E-state index in [1.165, 1.54) is 5.57 Å². The van der Waals surface area contributed by atoms with Crippen molar-refractivity contribution in [1.82, 2.24) is 0 Å². The maximum Gasteiger partial charge on any atom is 0.307 e. The Labute approximate surface area is 73.3 Å². The number of rotatable bonds is 2. The summed E-state index contributed by atoms with van der Waals surface area (Å²) in [5, 5.41) is 8.84. The van der Waals surface area contributed by atoms with Crippen molar-refractivity contribution in [3.63, 3.8) is 0 Å². The van der Waals surface area contributed by atoms with E-state index in [1.807, 2.05) is 27.7 Å². The molecular formula is C10H16O2. The maximum absolute atomic E-state index is 10.7. The van der Waals surface area contributed by atoms with Crippen LogP contribution in [0.25, 0.3) is 0 Å². The molecule has 0 bridgehead atoms. The van der Waals surface area contributed by atoms with Crippen LogP contribution in [0.4, 0.5) is 0 Å². The average Bonchev–Trinajstić information content (AvgIpc) is 2.32. The van der Waals surface area contributed by atoms with Gasteiger partial charge < -0.3 is 5.11 Å². The lowest BCUT2D eigenvalue weighted by molar-refractivity contribution is -0.139. The molecule has 2 atom stereocenters. The second kappa shape index (κ2) is 2.61. The maximum atomic E-state index is 10.7. The van der Waals surface area contributed by atoms with E-state index in [1.54, 1.807) is 0 Å². The van der Waals surface area contributed by atoms with Gasteiger partial charge in [0.2, 0.25) is 0 Å². The molecule has 1 aliphatic carbocycles. The van der Waals surface area contributed by atoms with Crippen molar-refractivity contribution in [3.05, 3.63) is 11.6 Å². The van der Waals surface area contributed by atoms with Crippen LogP contribution in [0.15, 0.2) is 11.6 Å². The molecule has 1 aliphatic rings. The molecule has 0 spiro atoms. The van der Waals surface area contributed by atoms with Crippen LogP contribution in [0.5, 0.6) is 0 Å². The lowest BCUT2D eigenvalue weighted by atomic mass is 10.1. The van der Waals surface area contributed by atoms with Gasteiger partial charge >= 0.3 is 5.97 Å². The first-order chi connectivity index (χ1) is 5.37. The second-order valence-corrected chi connectivity index (χ2v) is 4.41. The van der Waals surface area contributed by atoms with Crippen molar-refractivity contribution < 1.29 is 9.90 Å². The first kappa shape index (κ1) is 9.30. The molecular weight excluding hydrogens is 154 g/mol. The highest BCUT2D eigenvalue weighted by atomic mass is 16.4. The van der Waals surface area contributed by atoms with Crippen LogP contribution >= 0.6 is 0 Å². The summed E-state index contributed by atoms with van der Waals surface area (Å²) in [5.41, 5.74) is 1.17. The fourth-order valence-electron chi connectivity index (χ4n) is 1.82. The van der Waals surface area contributed by atoms with Gasteiger partial charge in [0.05, 0.1) is 5.92 Å².